The van der Waals surface area contributed by atoms with Gasteiger partial charge in [0, 0.05) is 12.1 Å². The molecule has 2 unspecified atom stereocenters. The Morgan fingerprint density at radius 2 is 1.94 bits per heavy atom. The van der Waals surface area contributed by atoms with Crippen molar-refractivity contribution in [3.05, 3.63) is 0 Å². The molecule has 2 rings (SSSR count). The zero-order valence-corrected chi connectivity index (χ0v) is 10.9. The molecule has 0 saturated heterocycles. The van der Waals surface area contributed by atoms with Crippen molar-refractivity contribution in [3.63, 3.8) is 0 Å². The molecule has 1 N–H and O–H groups in total. The number of nitrogens with zero attached hydrogens (tertiary/aromatic N) is 1. The molecule has 0 aromatic rings. The number of hydrogen-bond acceptors (Lipinski definition) is 2. The van der Waals surface area contributed by atoms with Crippen molar-refractivity contribution in [2.24, 2.45) is 5.92 Å². The van der Waals surface area contributed by atoms with Crippen molar-refractivity contribution in [1.82, 2.24) is 4.90 Å². The van der Waals surface area contributed by atoms with E-state index in [-0.39, 0.29) is 5.92 Å². The molecule has 2 aliphatic rings. The Kier molecular flexibility index (Phi) is 4.43. The van der Waals surface area contributed by atoms with Crippen LogP contribution in [0.5, 0.6) is 0 Å². The monoisotopic (exact) mass is 239 g/mol. The van der Waals surface area contributed by atoms with E-state index in [2.05, 4.69) is 11.8 Å². The lowest BCUT2D eigenvalue weighted by atomic mass is 9.83. The molecule has 17 heavy (non-hydrogen) atoms. The molecule has 0 aromatic heterocycles. The molecule has 0 bridgehead atoms. The second kappa shape index (κ2) is 5.85. The maximum Gasteiger partial charge on any atom is 0.308 e. The Bertz CT molecular complexity index is 263. The third-order valence-corrected chi connectivity index (χ3v) is 4.26. The van der Waals surface area contributed by atoms with Gasteiger partial charge >= 0.3 is 5.97 Å². The number of rotatable bonds is 6. The summed E-state index contributed by atoms with van der Waals surface area (Å²) in [6.45, 7) is 3.32. The van der Waals surface area contributed by atoms with Gasteiger partial charge in [-0.2, -0.15) is 0 Å². The van der Waals surface area contributed by atoms with Gasteiger partial charge in [-0.15, -0.1) is 0 Å². The second-order valence-electron chi connectivity index (χ2n) is 5.62. The lowest BCUT2D eigenvalue weighted by Crippen LogP contribution is -2.47. The summed E-state index contributed by atoms with van der Waals surface area (Å²) in [6.07, 6.45) is 9.27. The summed E-state index contributed by atoms with van der Waals surface area (Å²) < 4.78 is 0. The third-order valence-electron chi connectivity index (χ3n) is 4.26. The molecule has 2 saturated carbocycles. The number of aliphatic carboxylic acids is 1. The Labute approximate surface area is 104 Å². The molecule has 98 valence electrons. The maximum absolute atomic E-state index is 11.4. The largest absolute Gasteiger partial charge is 0.481 e. The van der Waals surface area contributed by atoms with E-state index in [1.165, 1.54) is 32.1 Å². The lowest BCUT2D eigenvalue weighted by molar-refractivity contribution is -0.145. The predicted octanol–water partition coefficient (Wildman–Crippen LogP) is 2.89. The molecule has 2 aliphatic carbocycles. The van der Waals surface area contributed by atoms with Crippen LogP contribution in [0, 0.1) is 5.92 Å². The molecule has 0 heterocycles. The smallest absolute Gasteiger partial charge is 0.308 e. The molecule has 0 spiro atoms. The van der Waals surface area contributed by atoms with Gasteiger partial charge < -0.3 is 5.11 Å². The van der Waals surface area contributed by atoms with Crippen molar-refractivity contribution in [3.8, 4) is 0 Å². The van der Waals surface area contributed by atoms with Crippen LogP contribution >= 0.6 is 0 Å². The van der Waals surface area contributed by atoms with E-state index in [0.29, 0.717) is 12.1 Å². The number of unbranched alkanes of at least 4 members (excludes halogenated alkanes) is 1. The molecule has 2 fully saturated rings. The minimum absolute atomic E-state index is 0.110. The zero-order chi connectivity index (χ0) is 12.3. The van der Waals surface area contributed by atoms with Crippen molar-refractivity contribution < 1.29 is 9.90 Å². The van der Waals surface area contributed by atoms with E-state index >= 15 is 0 Å². The van der Waals surface area contributed by atoms with Crippen LogP contribution in [-0.4, -0.2) is 34.6 Å². The van der Waals surface area contributed by atoms with E-state index in [1.54, 1.807) is 0 Å². The van der Waals surface area contributed by atoms with Crippen molar-refractivity contribution in [1.29, 1.82) is 0 Å². The van der Waals surface area contributed by atoms with Crippen LogP contribution in [-0.2, 0) is 4.79 Å². The molecular weight excluding hydrogens is 214 g/mol. The minimum Gasteiger partial charge on any atom is -0.481 e. The van der Waals surface area contributed by atoms with Crippen LogP contribution in [0.15, 0.2) is 0 Å². The third kappa shape index (κ3) is 3.21. The molecule has 3 nitrogen and oxygen atoms in total. The minimum atomic E-state index is -0.572. The van der Waals surface area contributed by atoms with Crippen LogP contribution in [0.3, 0.4) is 0 Å². The van der Waals surface area contributed by atoms with Crippen LogP contribution < -0.4 is 0 Å². The average molecular weight is 239 g/mol. The van der Waals surface area contributed by atoms with Crippen LogP contribution in [0.1, 0.15) is 58.3 Å². The zero-order valence-electron chi connectivity index (χ0n) is 10.9. The molecular formula is C14H25NO2. The van der Waals surface area contributed by atoms with E-state index < -0.39 is 5.97 Å². The topological polar surface area (TPSA) is 40.5 Å². The fourth-order valence-corrected chi connectivity index (χ4v) is 3.16. The highest BCUT2D eigenvalue weighted by atomic mass is 16.4. The summed E-state index contributed by atoms with van der Waals surface area (Å²) in [6, 6.07) is 1.02. The van der Waals surface area contributed by atoms with Crippen LogP contribution in [0.25, 0.3) is 0 Å². The molecule has 0 radical (unpaired) electrons. The standard InChI is InChI=1S/C14H25NO2/c1-2-3-10-15(11-8-9-11)13-7-5-4-6-12(13)14(16)17/h11-13H,2-10H2,1H3,(H,16,17). The average Bonchev–Trinajstić information content (AvgIpc) is 3.14. The molecule has 0 aromatic carbocycles. The first-order chi connectivity index (χ1) is 8.24. The normalized spacial score (nSPS) is 29.5. The molecule has 3 heteroatoms. The fourth-order valence-electron chi connectivity index (χ4n) is 3.16. The highest BCUT2D eigenvalue weighted by molar-refractivity contribution is 5.71. The fraction of sp³-hybridized carbons (Fsp3) is 0.929. The van der Waals surface area contributed by atoms with Crippen LogP contribution in [0.4, 0.5) is 0 Å². The molecule has 2 atom stereocenters. The van der Waals surface area contributed by atoms with Crippen LogP contribution in [0.2, 0.25) is 0 Å². The molecule has 0 aliphatic heterocycles. The summed E-state index contributed by atoms with van der Waals surface area (Å²) in [5, 5.41) is 9.36. The number of carboxylic acids is 1. The first-order valence-electron chi connectivity index (χ1n) is 7.22. The highest BCUT2D eigenvalue weighted by Gasteiger charge is 2.40. The number of carboxylic acid groups (broad SMARTS) is 1. The summed E-state index contributed by atoms with van der Waals surface area (Å²) in [7, 11) is 0. The van der Waals surface area contributed by atoms with Gasteiger partial charge in [0.15, 0.2) is 0 Å². The Balaban J connectivity index is 2.00. The predicted molar refractivity (Wildman–Crippen MR) is 68.0 cm³/mol. The van der Waals surface area contributed by atoms with E-state index in [0.717, 1.165) is 25.8 Å². The summed E-state index contributed by atoms with van der Waals surface area (Å²) in [4.78, 5) is 13.9. The molecule has 0 amide bonds. The summed E-state index contributed by atoms with van der Waals surface area (Å²) in [5.74, 6) is -0.682. The summed E-state index contributed by atoms with van der Waals surface area (Å²) >= 11 is 0. The van der Waals surface area contributed by atoms with E-state index in [9.17, 15) is 9.90 Å². The lowest BCUT2D eigenvalue weighted by Gasteiger charge is -2.38. The van der Waals surface area contributed by atoms with Gasteiger partial charge in [-0.05, 0) is 38.6 Å². The first kappa shape index (κ1) is 12.9. The first-order valence-corrected chi connectivity index (χ1v) is 7.22. The van der Waals surface area contributed by atoms with Gasteiger partial charge in [0.25, 0.3) is 0 Å². The van der Waals surface area contributed by atoms with Crippen molar-refractivity contribution >= 4 is 5.97 Å². The number of carbonyl (C=O) groups is 1. The van der Waals surface area contributed by atoms with Gasteiger partial charge in [0.05, 0.1) is 5.92 Å². The van der Waals surface area contributed by atoms with Gasteiger partial charge in [0.1, 0.15) is 0 Å². The second-order valence-corrected chi connectivity index (χ2v) is 5.62. The van der Waals surface area contributed by atoms with Crippen molar-refractivity contribution in [2.45, 2.75) is 70.4 Å². The summed E-state index contributed by atoms with van der Waals surface area (Å²) in [5.41, 5.74) is 0. The Hall–Kier alpha value is -0.570. The van der Waals surface area contributed by atoms with Gasteiger partial charge in [-0.1, -0.05) is 26.2 Å². The Morgan fingerprint density at radius 3 is 2.53 bits per heavy atom. The van der Waals surface area contributed by atoms with Gasteiger partial charge in [-0.25, -0.2) is 0 Å². The van der Waals surface area contributed by atoms with E-state index in [1.807, 2.05) is 0 Å². The van der Waals surface area contributed by atoms with E-state index in [4.69, 9.17) is 0 Å². The van der Waals surface area contributed by atoms with Gasteiger partial charge in [0.2, 0.25) is 0 Å². The number of hydrogen-bond donors (Lipinski definition) is 1. The highest BCUT2D eigenvalue weighted by Crippen LogP contribution is 2.36. The Morgan fingerprint density at radius 1 is 1.24 bits per heavy atom. The van der Waals surface area contributed by atoms with Crippen molar-refractivity contribution in [2.75, 3.05) is 6.54 Å². The SMILES string of the molecule is CCCCN(C1CC1)C1CCCCC1C(=O)O. The maximum atomic E-state index is 11.4. The van der Waals surface area contributed by atoms with Gasteiger partial charge in [-0.3, -0.25) is 9.69 Å². The quantitative estimate of drug-likeness (QED) is 0.774.